The third-order valence-corrected chi connectivity index (χ3v) is 2.50. The maximum absolute atomic E-state index is 10.7. The van der Waals surface area contributed by atoms with Gasteiger partial charge in [-0.15, -0.1) is 0 Å². The Hall–Kier alpha value is -1.48. The first-order valence-corrected chi connectivity index (χ1v) is 5.27. The molecule has 92 valence electrons. The van der Waals surface area contributed by atoms with Crippen LogP contribution in [0.2, 0.25) is 0 Å². The molecule has 2 atom stereocenters. The standard InChI is InChI=1S/C7H11NO7S/c8-5(9)3(2-16(14)15)1-4(6(10)11)7(12)13/h3-4H,1-2H2,(H2,8,9)(H,10,11)(H,12,13)(H,14,15)/p-3. The maximum Gasteiger partial charge on any atom is 0.221 e. The Kier molecular flexibility index (Phi) is 5.61. The number of rotatable bonds is 7. The Morgan fingerprint density at radius 1 is 1.19 bits per heavy atom. The van der Waals surface area contributed by atoms with Gasteiger partial charge < -0.3 is 30.1 Å². The van der Waals surface area contributed by atoms with Gasteiger partial charge >= 0.3 is 0 Å². The summed E-state index contributed by atoms with van der Waals surface area (Å²) in [4.78, 5) is 31.4. The third-order valence-electron chi connectivity index (χ3n) is 1.83. The first-order valence-electron chi connectivity index (χ1n) is 4.02. The lowest BCUT2D eigenvalue weighted by atomic mass is 9.95. The van der Waals surface area contributed by atoms with Gasteiger partial charge in [-0.3, -0.25) is 9.00 Å². The average molecular weight is 250 g/mol. The molecule has 0 heterocycles. The van der Waals surface area contributed by atoms with Crippen LogP contribution < -0.4 is 15.9 Å². The van der Waals surface area contributed by atoms with E-state index in [0.717, 1.165) is 0 Å². The van der Waals surface area contributed by atoms with Gasteiger partial charge in [0.25, 0.3) is 0 Å². The van der Waals surface area contributed by atoms with Crippen LogP contribution in [-0.4, -0.2) is 32.4 Å². The van der Waals surface area contributed by atoms with Crippen molar-refractivity contribution in [3.05, 3.63) is 0 Å². The molecule has 0 aliphatic heterocycles. The molecule has 0 saturated carbocycles. The highest BCUT2D eigenvalue weighted by atomic mass is 32.2. The van der Waals surface area contributed by atoms with Crippen LogP contribution in [0.3, 0.4) is 0 Å². The number of carbonyl (C=O) groups is 3. The van der Waals surface area contributed by atoms with E-state index in [-0.39, 0.29) is 0 Å². The summed E-state index contributed by atoms with van der Waals surface area (Å²) >= 11 is -2.64. The number of nitrogens with two attached hydrogens (primary N) is 1. The van der Waals surface area contributed by atoms with Crippen molar-refractivity contribution in [3.63, 3.8) is 0 Å². The number of carboxylic acid groups (broad SMARTS) is 2. The molecule has 0 radical (unpaired) electrons. The van der Waals surface area contributed by atoms with E-state index in [0.29, 0.717) is 0 Å². The van der Waals surface area contributed by atoms with Crippen LogP contribution in [0.15, 0.2) is 0 Å². The molecular formula is C7H8NO7S-3. The Labute approximate surface area is 92.7 Å². The molecule has 0 bridgehead atoms. The van der Waals surface area contributed by atoms with Crippen molar-refractivity contribution in [2.45, 2.75) is 6.42 Å². The number of carbonyl (C=O) groups excluding carboxylic acids is 3. The highest BCUT2D eigenvalue weighted by Crippen LogP contribution is 2.12. The summed E-state index contributed by atoms with van der Waals surface area (Å²) in [6.45, 7) is 0. The number of amides is 1. The Balaban J connectivity index is 4.71. The summed E-state index contributed by atoms with van der Waals surface area (Å²) in [5.74, 6) is -9.23. The van der Waals surface area contributed by atoms with Crippen LogP contribution in [0.25, 0.3) is 0 Å². The second kappa shape index (κ2) is 6.18. The molecular weight excluding hydrogens is 242 g/mol. The van der Waals surface area contributed by atoms with Crippen molar-refractivity contribution in [1.29, 1.82) is 0 Å². The lowest BCUT2D eigenvalue weighted by Gasteiger charge is -2.23. The molecule has 16 heavy (non-hydrogen) atoms. The fourth-order valence-electron chi connectivity index (χ4n) is 1.00. The van der Waals surface area contributed by atoms with Crippen LogP contribution in [0.5, 0.6) is 0 Å². The molecule has 0 spiro atoms. The highest BCUT2D eigenvalue weighted by Gasteiger charge is 2.22. The zero-order valence-corrected chi connectivity index (χ0v) is 8.73. The largest absolute Gasteiger partial charge is 0.772 e. The maximum atomic E-state index is 10.7. The van der Waals surface area contributed by atoms with Gasteiger partial charge in [0.1, 0.15) is 0 Å². The minimum Gasteiger partial charge on any atom is -0.772 e. The lowest BCUT2D eigenvalue weighted by Crippen LogP contribution is -2.46. The van der Waals surface area contributed by atoms with Gasteiger partial charge in [-0.05, 0) is 6.42 Å². The van der Waals surface area contributed by atoms with E-state index in [1.54, 1.807) is 0 Å². The number of hydrogen-bond acceptors (Lipinski definition) is 7. The third kappa shape index (κ3) is 4.84. The van der Waals surface area contributed by atoms with Crippen molar-refractivity contribution >= 4 is 28.9 Å². The fourth-order valence-corrected chi connectivity index (χ4v) is 1.63. The number of hydrogen-bond donors (Lipinski definition) is 1. The average Bonchev–Trinajstić information content (AvgIpc) is 2.09. The van der Waals surface area contributed by atoms with Crippen molar-refractivity contribution < 1.29 is 33.4 Å². The predicted octanol–water partition coefficient (Wildman–Crippen LogP) is -4.53. The Bertz CT molecular complexity index is 315. The molecule has 9 heteroatoms. The second-order valence-electron chi connectivity index (χ2n) is 3.00. The summed E-state index contributed by atoms with van der Waals surface area (Å²) in [6.07, 6.45) is -0.770. The minimum absolute atomic E-state index is 0.744. The zero-order chi connectivity index (χ0) is 12.9. The first kappa shape index (κ1) is 14.5. The monoisotopic (exact) mass is 250 g/mol. The Morgan fingerprint density at radius 3 is 1.88 bits per heavy atom. The van der Waals surface area contributed by atoms with Crippen LogP contribution in [0, 0.1) is 11.8 Å². The smallest absolute Gasteiger partial charge is 0.221 e. The van der Waals surface area contributed by atoms with Crippen molar-refractivity contribution in [1.82, 2.24) is 0 Å². The molecule has 0 aromatic heterocycles. The number of carboxylic acids is 2. The molecule has 0 fully saturated rings. The van der Waals surface area contributed by atoms with Gasteiger partial charge in [-0.2, -0.15) is 0 Å². The van der Waals surface area contributed by atoms with Crippen LogP contribution in [0.4, 0.5) is 0 Å². The van der Waals surface area contributed by atoms with Gasteiger partial charge in [-0.25, -0.2) is 0 Å². The molecule has 0 saturated heterocycles. The van der Waals surface area contributed by atoms with Gasteiger partial charge in [0.05, 0.1) is 11.9 Å². The normalized spacial score (nSPS) is 14.4. The molecule has 2 N–H and O–H groups in total. The lowest BCUT2D eigenvalue weighted by molar-refractivity contribution is -0.332. The van der Waals surface area contributed by atoms with Crippen molar-refractivity contribution in [2.24, 2.45) is 17.6 Å². The van der Waals surface area contributed by atoms with Crippen LogP contribution in [-0.2, 0) is 25.5 Å². The van der Waals surface area contributed by atoms with E-state index in [1.165, 1.54) is 0 Å². The van der Waals surface area contributed by atoms with E-state index in [4.69, 9.17) is 5.73 Å². The van der Waals surface area contributed by atoms with Gasteiger partial charge in [0.15, 0.2) is 0 Å². The fraction of sp³-hybridized carbons (Fsp3) is 0.571. The van der Waals surface area contributed by atoms with Crippen molar-refractivity contribution in [2.75, 3.05) is 5.75 Å². The Morgan fingerprint density at radius 2 is 1.62 bits per heavy atom. The van der Waals surface area contributed by atoms with Crippen LogP contribution in [0.1, 0.15) is 6.42 Å². The van der Waals surface area contributed by atoms with Gasteiger partial charge in [0.2, 0.25) is 5.91 Å². The van der Waals surface area contributed by atoms with E-state index >= 15 is 0 Å². The summed E-state index contributed by atoms with van der Waals surface area (Å²) in [7, 11) is 0. The summed E-state index contributed by atoms with van der Waals surface area (Å²) < 4.78 is 20.6. The molecule has 2 unspecified atom stereocenters. The minimum atomic E-state index is -2.64. The summed E-state index contributed by atoms with van der Waals surface area (Å²) in [5, 5.41) is 20.7. The molecule has 0 aliphatic rings. The van der Waals surface area contributed by atoms with E-state index in [9.17, 15) is 33.4 Å². The highest BCUT2D eigenvalue weighted by molar-refractivity contribution is 7.79. The quantitative estimate of drug-likeness (QED) is 0.351. The SMILES string of the molecule is NC(=O)C(CC(C(=O)[O-])C(=O)[O-])CS(=O)[O-]. The number of aliphatic carboxylic acids is 2. The second-order valence-corrected chi connectivity index (χ2v) is 3.94. The zero-order valence-electron chi connectivity index (χ0n) is 7.91. The van der Waals surface area contributed by atoms with E-state index in [2.05, 4.69) is 0 Å². The van der Waals surface area contributed by atoms with Crippen molar-refractivity contribution in [3.8, 4) is 0 Å². The summed E-state index contributed by atoms with van der Waals surface area (Å²) in [5.41, 5.74) is 4.79. The van der Waals surface area contributed by atoms with Gasteiger partial charge in [0, 0.05) is 17.6 Å². The topological polar surface area (TPSA) is 163 Å². The summed E-state index contributed by atoms with van der Waals surface area (Å²) in [6, 6.07) is 0. The van der Waals surface area contributed by atoms with E-state index in [1.807, 2.05) is 0 Å². The number of primary amides is 1. The van der Waals surface area contributed by atoms with Gasteiger partial charge in [-0.1, -0.05) is 11.1 Å². The van der Waals surface area contributed by atoms with E-state index < -0.39 is 52.9 Å². The molecule has 0 aromatic rings. The molecule has 0 rings (SSSR count). The van der Waals surface area contributed by atoms with Crippen LogP contribution >= 0.6 is 0 Å². The predicted molar refractivity (Wildman–Crippen MR) is 44.6 cm³/mol. The first-order chi connectivity index (χ1) is 7.25. The molecule has 0 aliphatic carbocycles. The molecule has 8 nitrogen and oxygen atoms in total. The molecule has 1 amide bonds. The molecule has 0 aromatic carbocycles.